The Balaban J connectivity index is 2.21. The van der Waals surface area contributed by atoms with Crippen molar-refractivity contribution in [2.45, 2.75) is 12.8 Å². The number of benzene rings is 1. The van der Waals surface area contributed by atoms with Crippen LogP contribution in [0.5, 0.6) is 0 Å². The number of oxime groups is 1. The first-order chi connectivity index (χ1) is 9.15. The minimum atomic E-state index is -0.400. The van der Waals surface area contributed by atoms with Crippen LogP contribution in [0.4, 0.5) is 10.1 Å². The second-order valence-electron chi connectivity index (χ2n) is 4.79. The van der Waals surface area contributed by atoms with Crippen LogP contribution >= 0.6 is 0 Å². The fraction of sp³-hybridized carbons (Fsp3) is 0.462. The summed E-state index contributed by atoms with van der Waals surface area (Å²) in [6, 6.07) is 4.51. The molecule has 1 aromatic rings. The summed E-state index contributed by atoms with van der Waals surface area (Å²) in [5.74, 6) is -0.322. The van der Waals surface area contributed by atoms with Crippen molar-refractivity contribution in [1.82, 2.24) is 0 Å². The topological polar surface area (TPSA) is 82.1 Å². The zero-order valence-corrected chi connectivity index (χ0v) is 10.6. The van der Waals surface area contributed by atoms with Crippen LogP contribution in [0.25, 0.3) is 0 Å². The number of halogens is 1. The molecule has 1 saturated heterocycles. The van der Waals surface area contributed by atoms with Gasteiger partial charge in [0.25, 0.3) is 0 Å². The number of rotatable bonds is 3. The van der Waals surface area contributed by atoms with Crippen molar-refractivity contribution in [1.29, 1.82) is 0 Å². The van der Waals surface area contributed by atoms with Gasteiger partial charge in [-0.15, -0.1) is 0 Å². The highest BCUT2D eigenvalue weighted by Crippen LogP contribution is 2.26. The summed E-state index contributed by atoms with van der Waals surface area (Å²) in [4.78, 5) is 1.93. The maximum absolute atomic E-state index is 14.1. The van der Waals surface area contributed by atoms with E-state index in [-0.39, 0.29) is 18.4 Å². The second-order valence-corrected chi connectivity index (χ2v) is 4.79. The summed E-state index contributed by atoms with van der Waals surface area (Å²) in [5, 5.41) is 20.6. The molecule has 19 heavy (non-hydrogen) atoms. The molecular formula is C13H18FN3O2. The molecule has 4 N–H and O–H groups in total. The molecule has 1 aromatic carbocycles. The summed E-state index contributed by atoms with van der Waals surface area (Å²) >= 11 is 0. The highest BCUT2D eigenvalue weighted by Gasteiger charge is 2.21. The Labute approximate surface area is 111 Å². The van der Waals surface area contributed by atoms with E-state index in [1.165, 1.54) is 6.07 Å². The largest absolute Gasteiger partial charge is 0.409 e. The smallest absolute Gasteiger partial charge is 0.170 e. The Morgan fingerprint density at radius 3 is 2.95 bits per heavy atom. The van der Waals surface area contributed by atoms with Crippen molar-refractivity contribution in [2.75, 3.05) is 24.6 Å². The summed E-state index contributed by atoms with van der Waals surface area (Å²) < 4.78 is 14.1. The fourth-order valence-electron chi connectivity index (χ4n) is 2.41. The quantitative estimate of drug-likeness (QED) is 0.332. The lowest BCUT2D eigenvalue weighted by atomic mass is 9.98. The summed E-state index contributed by atoms with van der Waals surface area (Å²) in [7, 11) is 0. The average Bonchev–Trinajstić information content (AvgIpc) is 2.46. The zero-order valence-electron chi connectivity index (χ0n) is 10.6. The van der Waals surface area contributed by atoms with E-state index < -0.39 is 5.82 Å². The van der Waals surface area contributed by atoms with Crippen LogP contribution < -0.4 is 10.6 Å². The van der Waals surface area contributed by atoms with Crippen LogP contribution in [0.15, 0.2) is 23.4 Å². The second kappa shape index (κ2) is 5.88. The third kappa shape index (κ3) is 2.96. The van der Waals surface area contributed by atoms with E-state index >= 15 is 0 Å². The lowest BCUT2D eigenvalue weighted by Crippen LogP contribution is -2.37. The van der Waals surface area contributed by atoms with Gasteiger partial charge in [-0.2, -0.15) is 0 Å². The third-order valence-corrected chi connectivity index (χ3v) is 3.47. The van der Waals surface area contributed by atoms with Crippen LogP contribution in [-0.2, 0) is 0 Å². The Morgan fingerprint density at radius 1 is 1.53 bits per heavy atom. The van der Waals surface area contributed by atoms with Crippen molar-refractivity contribution in [3.05, 3.63) is 29.6 Å². The molecule has 0 radical (unpaired) electrons. The van der Waals surface area contributed by atoms with Crippen molar-refractivity contribution in [3.63, 3.8) is 0 Å². The van der Waals surface area contributed by atoms with Gasteiger partial charge in [0.15, 0.2) is 5.84 Å². The first-order valence-corrected chi connectivity index (χ1v) is 6.29. The number of aliphatic hydroxyl groups is 1. The number of anilines is 1. The van der Waals surface area contributed by atoms with Gasteiger partial charge in [-0.25, -0.2) is 4.39 Å². The van der Waals surface area contributed by atoms with Gasteiger partial charge in [0.05, 0.1) is 5.69 Å². The van der Waals surface area contributed by atoms with Gasteiger partial charge in [-0.3, -0.25) is 0 Å². The number of piperidine rings is 1. The first kappa shape index (κ1) is 13.6. The van der Waals surface area contributed by atoms with Gasteiger partial charge < -0.3 is 20.9 Å². The monoisotopic (exact) mass is 267 g/mol. The Hall–Kier alpha value is -1.82. The number of amidine groups is 1. The van der Waals surface area contributed by atoms with Crippen LogP contribution in [0.1, 0.15) is 18.4 Å². The lowest BCUT2D eigenvalue weighted by Gasteiger charge is -2.33. The van der Waals surface area contributed by atoms with Gasteiger partial charge in [0.2, 0.25) is 0 Å². The number of nitrogens with zero attached hydrogens (tertiary/aromatic N) is 2. The zero-order chi connectivity index (χ0) is 13.8. The molecule has 0 saturated carbocycles. The summed E-state index contributed by atoms with van der Waals surface area (Å²) in [5.41, 5.74) is 6.26. The van der Waals surface area contributed by atoms with Crippen LogP contribution in [-0.4, -0.2) is 35.8 Å². The molecule has 6 heteroatoms. The van der Waals surface area contributed by atoms with E-state index in [2.05, 4.69) is 5.16 Å². The maximum Gasteiger partial charge on any atom is 0.170 e. The van der Waals surface area contributed by atoms with Crippen LogP contribution in [0, 0.1) is 11.7 Å². The Morgan fingerprint density at radius 2 is 2.32 bits per heavy atom. The average molecular weight is 267 g/mol. The molecule has 1 heterocycles. The highest BCUT2D eigenvalue weighted by molar-refractivity contribution is 5.97. The molecule has 0 bridgehead atoms. The van der Waals surface area contributed by atoms with E-state index in [4.69, 9.17) is 10.9 Å². The Kier molecular flexibility index (Phi) is 4.21. The molecule has 1 unspecified atom stereocenters. The molecule has 1 aliphatic rings. The summed E-state index contributed by atoms with van der Waals surface area (Å²) in [6.45, 7) is 1.55. The lowest BCUT2D eigenvalue weighted by molar-refractivity contribution is 0.208. The van der Waals surface area contributed by atoms with Crippen molar-refractivity contribution < 1.29 is 14.7 Å². The van der Waals surface area contributed by atoms with Crippen LogP contribution in [0.3, 0.4) is 0 Å². The predicted octanol–water partition coefficient (Wildman–Crippen LogP) is 1.13. The molecule has 0 amide bonds. The SMILES string of the molecule is N/C(=N\O)c1ccc(N2CCCC(CO)C2)c(F)c1. The normalized spacial score (nSPS) is 20.6. The number of hydrogen-bond acceptors (Lipinski definition) is 4. The van der Waals surface area contributed by atoms with Gasteiger partial charge >= 0.3 is 0 Å². The number of hydrogen-bond donors (Lipinski definition) is 3. The predicted molar refractivity (Wildman–Crippen MR) is 70.9 cm³/mol. The highest BCUT2D eigenvalue weighted by atomic mass is 19.1. The van der Waals surface area contributed by atoms with Gasteiger partial charge in [-0.1, -0.05) is 5.16 Å². The molecule has 1 atom stereocenters. The number of nitrogens with two attached hydrogens (primary N) is 1. The van der Waals surface area contributed by atoms with E-state index in [0.29, 0.717) is 17.8 Å². The summed E-state index contributed by atoms with van der Waals surface area (Å²) in [6.07, 6.45) is 1.91. The molecule has 1 aliphatic heterocycles. The standard InChI is InChI=1S/C13H18FN3O2/c14-11-6-10(13(15)16-19)3-4-12(11)17-5-1-2-9(7-17)8-18/h3-4,6,9,18-19H,1-2,5,7-8H2,(H2,15,16). The molecule has 0 aliphatic carbocycles. The van der Waals surface area contributed by atoms with E-state index in [1.54, 1.807) is 12.1 Å². The molecule has 104 valence electrons. The Bertz CT molecular complexity index is 479. The maximum atomic E-state index is 14.1. The molecule has 0 aromatic heterocycles. The van der Waals surface area contributed by atoms with Crippen molar-refractivity contribution >= 4 is 11.5 Å². The molecule has 2 rings (SSSR count). The molecule has 0 spiro atoms. The van der Waals surface area contributed by atoms with Gasteiger partial charge in [0, 0.05) is 25.3 Å². The van der Waals surface area contributed by atoms with E-state index in [0.717, 1.165) is 19.4 Å². The van der Waals surface area contributed by atoms with Crippen molar-refractivity contribution in [2.24, 2.45) is 16.8 Å². The number of aliphatic hydroxyl groups excluding tert-OH is 1. The van der Waals surface area contributed by atoms with E-state index in [9.17, 15) is 9.50 Å². The van der Waals surface area contributed by atoms with Gasteiger partial charge in [-0.05, 0) is 37.0 Å². The molecule has 1 fully saturated rings. The van der Waals surface area contributed by atoms with E-state index in [1.807, 2.05) is 4.90 Å². The molecule has 5 nitrogen and oxygen atoms in total. The van der Waals surface area contributed by atoms with Crippen molar-refractivity contribution in [3.8, 4) is 0 Å². The first-order valence-electron chi connectivity index (χ1n) is 6.29. The minimum absolute atomic E-state index is 0.114. The molecular weight excluding hydrogens is 249 g/mol. The fourth-order valence-corrected chi connectivity index (χ4v) is 2.41. The third-order valence-electron chi connectivity index (χ3n) is 3.47. The van der Waals surface area contributed by atoms with Crippen LogP contribution in [0.2, 0.25) is 0 Å². The van der Waals surface area contributed by atoms with Gasteiger partial charge in [0.1, 0.15) is 5.82 Å². The minimum Gasteiger partial charge on any atom is -0.409 e.